The lowest BCUT2D eigenvalue weighted by Gasteiger charge is -2.19. The van der Waals surface area contributed by atoms with E-state index in [1.54, 1.807) is 14.2 Å². The second kappa shape index (κ2) is 14.4. The van der Waals surface area contributed by atoms with Gasteiger partial charge in [0.2, 0.25) is 5.75 Å². The van der Waals surface area contributed by atoms with Crippen LogP contribution in [0, 0.1) is 0 Å². The topological polar surface area (TPSA) is 67.4 Å². The molecule has 30 heavy (non-hydrogen) atoms. The number of rotatable bonds is 11. The number of methoxy groups -OCH3 is 3. The van der Waals surface area contributed by atoms with Crippen molar-refractivity contribution in [2.45, 2.75) is 26.1 Å². The van der Waals surface area contributed by atoms with Crippen LogP contribution < -0.4 is 24.8 Å². The number of nitrogens with one attached hydrogen (secondary N) is 2. The molecule has 0 spiro atoms. The third-order valence-corrected chi connectivity index (χ3v) is 3.95. The lowest BCUT2D eigenvalue weighted by atomic mass is 10.2. The van der Waals surface area contributed by atoms with Crippen LogP contribution in [0.15, 0.2) is 17.1 Å². The van der Waals surface area contributed by atoms with Gasteiger partial charge in [-0.1, -0.05) is 0 Å². The number of halogens is 4. The maximum atomic E-state index is 12.3. The smallest absolute Gasteiger partial charge is 0.401 e. The maximum absolute atomic E-state index is 12.3. The van der Waals surface area contributed by atoms with Gasteiger partial charge in [-0.2, -0.15) is 13.2 Å². The number of ether oxygens (including phenoxy) is 3. The Morgan fingerprint density at radius 1 is 1.07 bits per heavy atom. The van der Waals surface area contributed by atoms with Gasteiger partial charge in [-0.05, 0) is 44.6 Å². The second-order valence-electron chi connectivity index (χ2n) is 6.36. The van der Waals surface area contributed by atoms with E-state index in [1.165, 1.54) is 19.1 Å². The normalized spacial score (nSPS) is 11.7. The number of guanidine groups is 1. The molecular weight excluding hydrogens is 516 g/mol. The molecule has 0 saturated heterocycles. The summed E-state index contributed by atoms with van der Waals surface area (Å²) in [6, 6.07) is 3.64. The summed E-state index contributed by atoms with van der Waals surface area (Å²) in [4.78, 5) is 5.77. The molecule has 0 radical (unpaired) electrons. The quantitative estimate of drug-likeness (QED) is 0.192. The van der Waals surface area contributed by atoms with Gasteiger partial charge in [0.15, 0.2) is 17.5 Å². The van der Waals surface area contributed by atoms with Crippen molar-refractivity contribution in [1.82, 2.24) is 15.5 Å². The van der Waals surface area contributed by atoms with Gasteiger partial charge in [0, 0.05) is 13.1 Å². The molecule has 0 aliphatic rings. The molecule has 174 valence electrons. The van der Waals surface area contributed by atoms with Crippen LogP contribution in [0.1, 0.15) is 18.9 Å². The van der Waals surface area contributed by atoms with E-state index in [1.807, 2.05) is 19.1 Å². The molecular formula is C19H32F3IN4O3. The van der Waals surface area contributed by atoms with Gasteiger partial charge in [-0.25, -0.2) is 4.99 Å². The predicted molar refractivity (Wildman–Crippen MR) is 123 cm³/mol. The van der Waals surface area contributed by atoms with Gasteiger partial charge in [-0.3, -0.25) is 4.90 Å². The van der Waals surface area contributed by atoms with Gasteiger partial charge in [0.05, 0.1) is 34.4 Å². The molecule has 1 aromatic carbocycles. The molecule has 7 nitrogen and oxygen atoms in total. The Bertz CT molecular complexity index is 635. The molecule has 2 N–H and O–H groups in total. The van der Waals surface area contributed by atoms with Crippen LogP contribution in [0.2, 0.25) is 0 Å². The zero-order valence-electron chi connectivity index (χ0n) is 18.1. The number of benzene rings is 1. The summed E-state index contributed by atoms with van der Waals surface area (Å²) in [6.07, 6.45) is -3.62. The number of aliphatic imine (C=N–C) groups is 1. The lowest BCUT2D eigenvalue weighted by molar-refractivity contribution is -0.143. The van der Waals surface area contributed by atoms with Crippen molar-refractivity contribution in [3.8, 4) is 17.2 Å². The van der Waals surface area contributed by atoms with Crippen LogP contribution in [-0.4, -0.2) is 71.6 Å². The number of nitrogens with zero attached hydrogens (tertiary/aromatic N) is 2. The van der Waals surface area contributed by atoms with Crippen LogP contribution in [0.5, 0.6) is 17.2 Å². The Balaban J connectivity index is 0.00000841. The monoisotopic (exact) mass is 548 g/mol. The Hall–Kier alpha value is -1.63. The van der Waals surface area contributed by atoms with Crippen molar-refractivity contribution in [2.24, 2.45) is 4.99 Å². The van der Waals surface area contributed by atoms with E-state index in [0.717, 1.165) is 5.56 Å². The van der Waals surface area contributed by atoms with E-state index in [4.69, 9.17) is 14.2 Å². The minimum Gasteiger partial charge on any atom is -0.493 e. The summed E-state index contributed by atoms with van der Waals surface area (Å²) >= 11 is 0. The molecule has 0 atom stereocenters. The Morgan fingerprint density at radius 3 is 2.13 bits per heavy atom. The molecule has 0 fully saturated rings. The largest absolute Gasteiger partial charge is 0.493 e. The van der Waals surface area contributed by atoms with Gasteiger partial charge >= 0.3 is 6.18 Å². The summed E-state index contributed by atoms with van der Waals surface area (Å²) < 4.78 is 53.0. The average molecular weight is 548 g/mol. The molecule has 11 heteroatoms. The molecule has 1 aromatic rings. The van der Waals surface area contributed by atoms with E-state index in [9.17, 15) is 13.2 Å². The highest BCUT2D eigenvalue weighted by Gasteiger charge is 2.28. The third kappa shape index (κ3) is 10.4. The zero-order chi connectivity index (χ0) is 21.9. The van der Waals surface area contributed by atoms with E-state index in [0.29, 0.717) is 55.8 Å². The van der Waals surface area contributed by atoms with Crippen LogP contribution >= 0.6 is 24.0 Å². The minimum absolute atomic E-state index is 0. The fourth-order valence-corrected chi connectivity index (χ4v) is 2.68. The molecule has 0 heterocycles. The predicted octanol–water partition coefficient (Wildman–Crippen LogP) is 3.27. The standard InChI is InChI=1S/C19H31F3N4O3.HI/c1-6-23-18(24-8-7-9-26(2)13-19(20,21)22)25-12-14-10-15(27-3)17(29-5)16(11-14)28-4;/h10-11H,6-9,12-13H2,1-5H3,(H2,23,24,25);1H. The zero-order valence-corrected chi connectivity index (χ0v) is 20.4. The van der Waals surface area contributed by atoms with Crippen molar-refractivity contribution in [3.05, 3.63) is 17.7 Å². The summed E-state index contributed by atoms with van der Waals surface area (Å²) in [5.74, 6) is 2.18. The van der Waals surface area contributed by atoms with Gasteiger partial charge in [0.25, 0.3) is 0 Å². The van der Waals surface area contributed by atoms with E-state index < -0.39 is 12.7 Å². The highest BCUT2D eigenvalue weighted by Crippen LogP contribution is 2.38. The van der Waals surface area contributed by atoms with E-state index >= 15 is 0 Å². The average Bonchev–Trinajstić information content (AvgIpc) is 2.66. The molecule has 0 aromatic heterocycles. The van der Waals surface area contributed by atoms with Gasteiger partial charge in [0.1, 0.15) is 0 Å². The number of alkyl halides is 3. The SMILES string of the molecule is CCNC(=NCc1cc(OC)c(OC)c(OC)c1)NCCCN(C)CC(F)(F)F.I. The molecule has 0 unspecified atom stereocenters. The van der Waals surface area contributed by atoms with E-state index in [2.05, 4.69) is 15.6 Å². The van der Waals surface area contributed by atoms with Gasteiger partial charge < -0.3 is 24.8 Å². The van der Waals surface area contributed by atoms with Crippen molar-refractivity contribution in [1.29, 1.82) is 0 Å². The molecule has 0 bridgehead atoms. The molecule has 1 rings (SSSR count). The summed E-state index contributed by atoms with van der Waals surface area (Å²) in [7, 11) is 6.09. The summed E-state index contributed by atoms with van der Waals surface area (Å²) in [5, 5.41) is 6.25. The first kappa shape index (κ1) is 28.4. The van der Waals surface area contributed by atoms with Gasteiger partial charge in [-0.15, -0.1) is 24.0 Å². The van der Waals surface area contributed by atoms with E-state index in [-0.39, 0.29) is 24.0 Å². The fourth-order valence-electron chi connectivity index (χ4n) is 2.68. The Labute approximate surface area is 193 Å². The lowest BCUT2D eigenvalue weighted by Crippen LogP contribution is -2.39. The van der Waals surface area contributed by atoms with Crippen LogP contribution in [0.25, 0.3) is 0 Å². The maximum Gasteiger partial charge on any atom is 0.401 e. The highest BCUT2D eigenvalue weighted by molar-refractivity contribution is 14.0. The molecule has 0 aliphatic carbocycles. The Morgan fingerprint density at radius 2 is 1.67 bits per heavy atom. The Kier molecular flexibility index (Phi) is 13.6. The summed E-state index contributed by atoms with van der Waals surface area (Å²) in [6.45, 7) is 2.88. The molecule has 0 saturated carbocycles. The first-order chi connectivity index (χ1) is 13.7. The van der Waals surface area contributed by atoms with Crippen LogP contribution in [0.3, 0.4) is 0 Å². The van der Waals surface area contributed by atoms with Crippen molar-refractivity contribution >= 4 is 29.9 Å². The van der Waals surface area contributed by atoms with Crippen molar-refractivity contribution in [2.75, 3.05) is 54.6 Å². The molecule has 0 aliphatic heterocycles. The first-order valence-electron chi connectivity index (χ1n) is 9.30. The minimum atomic E-state index is -4.18. The van der Waals surface area contributed by atoms with Crippen molar-refractivity contribution < 1.29 is 27.4 Å². The van der Waals surface area contributed by atoms with Crippen LogP contribution in [0.4, 0.5) is 13.2 Å². The summed E-state index contributed by atoms with van der Waals surface area (Å²) in [5.41, 5.74) is 0.863. The number of hydrogen-bond donors (Lipinski definition) is 2. The number of hydrogen-bond acceptors (Lipinski definition) is 5. The molecule has 0 amide bonds. The highest BCUT2D eigenvalue weighted by atomic mass is 127. The van der Waals surface area contributed by atoms with Crippen LogP contribution in [-0.2, 0) is 6.54 Å². The fraction of sp³-hybridized carbons (Fsp3) is 0.632. The van der Waals surface area contributed by atoms with Crippen molar-refractivity contribution in [3.63, 3.8) is 0 Å². The second-order valence-corrected chi connectivity index (χ2v) is 6.36. The third-order valence-electron chi connectivity index (χ3n) is 3.95. The first-order valence-corrected chi connectivity index (χ1v) is 9.30.